The van der Waals surface area contributed by atoms with Crippen molar-refractivity contribution < 1.29 is 14.4 Å². The minimum atomic E-state index is -0.388. The summed E-state index contributed by atoms with van der Waals surface area (Å²) in [4.78, 5) is 41.8. The number of nitrogens with zero attached hydrogens (tertiary/aromatic N) is 3. The lowest BCUT2D eigenvalue weighted by molar-refractivity contribution is -0.131. The van der Waals surface area contributed by atoms with Crippen molar-refractivity contribution in [3.63, 3.8) is 0 Å². The van der Waals surface area contributed by atoms with E-state index in [-0.39, 0.29) is 30.1 Å². The number of carbonyl (C=O) groups is 3. The molecule has 3 amide bonds. The average molecular weight is 595 g/mol. The predicted molar refractivity (Wildman–Crippen MR) is 146 cm³/mol. The van der Waals surface area contributed by atoms with E-state index in [0.717, 1.165) is 32.7 Å². The molecule has 0 unspecified atom stereocenters. The smallest absolute Gasteiger partial charge is 0.293 e. The van der Waals surface area contributed by atoms with E-state index in [1.54, 1.807) is 29.2 Å². The molecule has 1 aromatic heterocycles. The molecule has 2 heterocycles. The zero-order valence-corrected chi connectivity index (χ0v) is 23.0. The normalized spacial score (nSPS) is 15.0. The second-order valence-electron chi connectivity index (χ2n) is 7.94. The van der Waals surface area contributed by atoms with Crippen molar-refractivity contribution in [3.8, 4) is 0 Å². The van der Waals surface area contributed by atoms with Crippen LogP contribution in [0, 0.1) is 0 Å². The fourth-order valence-electron chi connectivity index (χ4n) is 3.96. The Hall–Kier alpha value is -2.26. The molecule has 0 saturated carbocycles. The first-order valence-electron chi connectivity index (χ1n) is 11.0. The van der Waals surface area contributed by atoms with Crippen LogP contribution >= 0.6 is 50.9 Å². The Bertz CT molecular complexity index is 1370. The molecule has 35 heavy (non-hydrogen) atoms. The Balaban J connectivity index is 1.66. The topological polar surface area (TPSA) is 62.6 Å². The van der Waals surface area contributed by atoms with Crippen LogP contribution in [0.1, 0.15) is 25.0 Å². The van der Waals surface area contributed by atoms with Gasteiger partial charge in [0.05, 0.1) is 11.4 Å². The van der Waals surface area contributed by atoms with Gasteiger partial charge in [0.25, 0.3) is 11.1 Å². The Morgan fingerprint density at radius 2 is 1.86 bits per heavy atom. The molecule has 2 aromatic carbocycles. The summed E-state index contributed by atoms with van der Waals surface area (Å²) in [5, 5.41) is 1.38. The van der Waals surface area contributed by atoms with Crippen molar-refractivity contribution in [1.29, 1.82) is 0 Å². The van der Waals surface area contributed by atoms with Gasteiger partial charge in [0.1, 0.15) is 6.54 Å². The van der Waals surface area contributed by atoms with Crippen molar-refractivity contribution in [3.05, 3.63) is 73.1 Å². The molecule has 0 aliphatic carbocycles. The fourth-order valence-corrected chi connectivity index (χ4v) is 5.62. The molecule has 3 aromatic rings. The molecule has 1 aliphatic heterocycles. The number of halogens is 3. The van der Waals surface area contributed by atoms with Gasteiger partial charge >= 0.3 is 0 Å². The first kappa shape index (κ1) is 25.8. The molecule has 0 bridgehead atoms. The van der Waals surface area contributed by atoms with E-state index in [9.17, 15) is 14.4 Å². The predicted octanol–water partition coefficient (Wildman–Crippen LogP) is 6.82. The van der Waals surface area contributed by atoms with Crippen molar-refractivity contribution >= 4 is 84.9 Å². The number of benzene rings is 2. The highest BCUT2D eigenvalue weighted by Gasteiger charge is 2.35. The van der Waals surface area contributed by atoms with Crippen molar-refractivity contribution in [2.45, 2.75) is 26.9 Å². The van der Waals surface area contributed by atoms with E-state index >= 15 is 0 Å². The number of imide groups is 1. The molecule has 182 valence electrons. The minimum Gasteiger partial charge on any atom is -0.342 e. The van der Waals surface area contributed by atoms with Gasteiger partial charge in [-0.15, -0.1) is 0 Å². The fraction of sp³-hybridized carbons (Fsp3) is 0.240. The van der Waals surface area contributed by atoms with E-state index in [2.05, 4.69) is 15.9 Å². The quantitative estimate of drug-likeness (QED) is 0.282. The van der Waals surface area contributed by atoms with Crippen molar-refractivity contribution in [1.82, 2.24) is 14.4 Å². The number of fused-ring (bicyclic) bond motifs is 1. The van der Waals surface area contributed by atoms with Gasteiger partial charge < -0.3 is 9.47 Å². The van der Waals surface area contributed by atoms with Gasteiger partial charge in [-0.1, -0.05) is 45.2 Å². The van der Waals surface area contributed by atoms with Gasteiger partial charge in [-0.05, 0) is 67.6 Å². The number of aromatic nitrogens is 1. The van der Waals surface area contributed by atoms with Gasteiger partial charge in [-0.2, -0.15) is 0 Å². The summed E-state index contributed by atoms with van der Waals surface area (Å²) < 4.78 is 2.75. The highest BCUT2D eigenvalue weighted by molar-refractivity contribution is 9.10. The van der Waals surface area contributed by atoms with E-state index < -0.39 is 0 Å². The number of thioether (sulfide) groups is 1. The van der Waals surface area contributed by atoms with Crippen LogP contribution in [0.15, 0.2) is 52.0 Å². The van der Waals surface area contributed by atoms with Crippen LogP contribution in [0.5, 0.6) is 0 Å². The zero-order chi connectivity index (χ0) is 25.3. The minimum absolute atomic E-state index is 0.0153. The maximum Gasteiger partial charge on any atom is 0.293 e. The first-order valence-corrected chi connectivity index (χ1v) is 13.3. The number of hydrogen-bond acceptors (Lipinski definition) is 4. The van der Waals surface area contributed by atoms with E-state index in [1.165, 1.54) is 4.90 Å². The lowest BCUT2D eigenvalue weighted by atomic mass is 10.1. The van der Waals surface area contributed by atoms with Crippen LogP contribution in [-0.4, -0.2) is 44.5 Å². The summed E-state index contributed by atoms with van der Waals surface area (Å²) in [5.74, 6) is -0.373. The summed E-state index contributed by atoms with van der Waals surface area (Å²) in [6.45, 7) is 5.42. The lowest BCUT2D eigenvalue weighted by Gasteiger charge is -2.19. The Labute approximate surface area is 226 Å². The third kappa shape index (κ3) is 5.45. The van der Waals surface area contributed by atoms with Gasteiger partial charge in [0.15, 0.2) is 0 Å². The molecule has 0 atom stereocenters. The number of carbonyl (C=O) groups excluding carboxylic acids is 3. The highest BCUT2D eigenvalue weighted by atomic mass is 79.9. The second kappa shape index (κ2) is 10.8. The third-order valence-corrected chi connectivity index (χ3v) is 7.79. The van der Waals surface area contributed by atoms with Gasteiger partial charge in [-0.3, -0.25) is 19.3 Å². The number of amides is 3. The van der Waals surface area contributed by atoms with Crippen LogP contribution in [-0.2, 0) is 22.7 Å². The summed E-state index contributed by atoms with van der Waals surface area (Å²) in [6, 6.07) is 10.7. The van der Waals surface area contributed by atoms with Gasteiger partial charge in [0, 0.05) is 50.3 Å². The zero-order valence-electron chi connectivity index (χ0n) is 19.1. The lowest BCUT2D eigenvalue weighted by Crippen LogP contribution is -2.33. The molecule has 0 N–H and O–H groups in total. The summed E-state index contributed by atoms with van der Waals surface area (Å²) in [7, 11) is 0. The average Bonchev–Trinajstić information content (AvgIpc) is 3.27. The van der Waals surface area contributed by atoms with Gasteiger partial charge in [0.2, 0.25) is 5.91 Å². The highest BCUT2D eigenvalue weighted by Crippen LogP contribution is 2.36. The third-order valence-electron chi connectivity index (χ3n) is 5.80. The van der Waals surface area contributed by atoms with Crippen LogP contribution in [0.25, 0.3) is 17.0 Å². The molecule has 0 radical (unpaired) electrons. The van der Waals surface area contributed by atoms with Crippen LogP contribution < -0.4 is 0 Å². The SMILES string of the molecule is CCN(CC)C(=O)Cn1cc(/C=C2\SC(=O)N(Cc3ccc(Cl)cc3Cl)C2=O)c2cc(Br)ccc21. The van der Waals surface area contributed by atoms with Crippen LogP contribution in [0.3, 0.4) is 0 Å². The Kier molecular flexibility index (Phi) is 7.96. The molecule has 0 spiro atoms. The second-order valence-corrected chi connectivity index (χ2v) is 10.7. The molecule has 4 rings (SSSR count). The molecule has 10 heteroatoms. The maximum atomic E-state index is 13.1. The maximum absolute atomic E-state index is 13.1. The van der Waals surface area contributed by atoms with E-state index in [4.69, 9.17) is 23.2 Å². The summed E-state index contributed by atoms with van der Waals surface area (Å²) >= 11 is 16.6. The number of rotatable bonds is 7. The van der Waals surface area contributed by atoms with Gasteiger partial charge in [-0.25, -0.2) is 0 Å². The Morgan fingerprint density at radius 3 is 2.54 bits per heavy atom. The number of hydrogen-bond donors (Lipinski definition) is 0. The standard InChI is InChI=1S/C25H22BrCl2N3O3S/c1-3-29(4-2)23(32)14-30-12-16(19-10-17(26)6-8-21(19)30)9-22-24(33)31(25(34)35-22)13-15-5-7-18(27)11-20(15)28/h5-12H,3-4,13-14H2,1-2H3/b22-9-. The largest absolute Gasteiger partial charge is 0.342 e. The Morgan fingerprint density at radius 1 is 1.11 bits per heavy atom. The first-order chi connectivity index (χ1) is 16.7. The molecule has 1 saturated heterocycles. The molecule has 6 nitrogen and oxygen atoms in total. The van der Waals surface area contributed by atoms with E-state index in [0.29, 0.717) is 33.6 Å². The van der Waals surface area contributed by atoms with Crippen molar-refractivity contribution in [2.24, 2.45) is 0 Å². The molecular weight excluding hydrogens is 573 g/mol. The molecule has 1 aliphatic rings. The summed E-state index contributed by atoms with van der Waals surface area (Å²) in [5.41, 5.74) is 2.26. The summed E-state index contributed by atoms with van der Waals surface area (Å²) in [6.07, 6.45) is 3.56. The van der Waals surface area contributed by atoms with Crippen LogP contribution in [0.4, 0.5) is 4.79 Å². The van der Waals surface area contributed by atoms with Crippen LogP contribution in [0.2, 0.25) is 10.0 Å². The monoisotopic (exact) mass is 593 g/mol. The molecule has 1 fully saturated rings. The number of likely N-dealkylation sites (N-methyl/N-ethyl adjacent to an activating group) is 1. The van der Waals surface area contributed by atoms with E-state index in [1.807, 2.05) is 42.8 Å². The molecular formula is C25H22BrCl2N3O3S. The van der Waals surface area contributed by atoms with Crippen molar-refractivity contribution in [2.75, 3.05) is 13.1 Å².